The number of nitrogens with zero attached hydrogens (tertiary/aromatic N) is 3. The van der Waals surface area contributed by atoms with Crippen molar-refractivity contribution < 1.29 is 9.18 Å². The van der Waals surface area contributed by atoms with Gasteiger partial charge in [0, 0.05) is 12.2 Å². The third-order valence-electron chi connectivity index (χ3n) is 6.96. The Morgan fingerprint density at radius 3 is 2.27 bits per heavy atom. The first-order valence-corrected chi connectivity index (χ1v) is 13.4. The number of hydrogen-bond acceptors (Lipinski definition) is 3. The van der Waals surface area contributed by atoms with E-state index in [2.05, 4.69) is 5.32 Å². The number of carbonyl (C=O) groups is 1. The highest BCUT2D eigenvalue weighted by Crippen LogP contribution is 2.26. The van der Waals surface area contributed by atoms with E-state index in [1.807, 2.05) is 85.8 Å². The number of rotatable bonds is 9. The molecule has 0 aliphatic carbocycles. The number of benzene rings is 4. The van der Waals surface area contributed by atoms with Crippen LogP contribution in [0.4, 0.5) is 14.9 Å². The van der Waals surface area contributed by atoms with E-state index in [0.29, 0.717) is 48.3 Å². The number of nitrogens with one attached hydrogen (secondary N) is 1. The van der Waals surface area contributed by atoms with Gasteiger partial charge >= 0.3 is 6.03 Å². The van der Waals surface area contributed by atoms with Gasteiger partial charge in [0.25, 0.3) is 5.56 Å². The zero-order chi connectivity index (χ0) is 27.9. The lowest BCUT2D eigenvalue weighted by molar-refractivity contribution is 0.181. The average molecular weight is 535 g/mol. The minimum absolute atomic E-state index is 0.156. The number of amides is 2. The Morgan fingerprint density at radius 2 is 1.57 bits per heavy atom. The van der Waals surface area contributed by atoms with Crippen molar-refractivity contribution >= 4 is 22.6 Å². The molecular formula is C33H31FN4O2. The number of hydrogen-bond donors (Lipinski definition) is 1. The molecule has 0 saturated carbocycles. The van der Waals surface area contributed by atoms with Crippen molar-refractivity contribution in [1.29, 1.82) is 0 Å². The third-order valence-corrected chi connectivity index (χ3v) is 6.96. The van der Waals surface area contributed by atoms with Crippen molar-refractivity contribution in [2.24, 2.45) is 0 Å². The van der Waals surface area contributed by atoms with Gasteiger partial charge in [0.15, 0.2) is 0 Å². The minimum Gasteiger partial charge on any atom is -0.314 e. The first-order chi connectivity index (χ1) is 19.5. The quantitative estimate of drug-likeness (QED) is 0.226. The highest BCUT2D eigenvalue weighted by molar-refractivity contribution is 5.89. The summed E-state index contributed by atoms with van der Waals surface area (Å²) in [4.78, 5) is 34.3. The highest BCUT2D eigenvalue weighted by atomic mass is 19.1. The molecule has 1 unspecified atom stereocenters. The summed E-state index contributed by atoms with van der Waals surface area (Å²) in [5, 5.41) is 3.38. The molecule has 0 fully saturated rings. The molecule has 202 valence electrons. The molecule has 1 aromatic heterocycles. The maximum Gasteiger partial charge on any atom is 0.322 e. The van der Waals surface area contributed by atoms with Crippen molar-refractivity contribution in [3.8, 4) is 0 Å². The molecule has 0 aliphatic heterocycles. The van der Waals surface area contributed by atoms with E-state index < -0.39 is 11.9 Å². The lowest BCUT2D eigenvalue weighted by atomic mass is 10.1. The maximum absolute atomic E-state index is 13.9. The van der Waals surface area contributed by atoms with E-state index in [1.165, 1.54) is 12.1 Å². The Kier molecular flexibility index (Phi) is 8.30. The van der Waals surface area contributed by atoms with Gasteiger partial charge in [-0.3, -0.25) is 9.36 Å². The molecule has 0 spiro atoms. The van der Waals surface area contributed by atoms with Crippen LogP contribution in [0.1, 0.15) is 36.3 Å². The van der Waals surface area contributed by atoms with Crippen LogP contribution in [0.5, 0.6) is 0 Å². The van der Waals surface area contributed by atoms with Gasteiger partial charge in [-0.05, 0) is 54.3 Å². The summed E-state index contributed by atoms with van der Waals surface area (Å²) in [6, 6.07) is 31.9. The number of para-hydroxylation sites is 1. The summed E-state index contributed by atoms with van der Waals surface area (Å²) in [7, 11) is 0. The number of anilines is 1. The van der Waals surface area contributed by atoms with Gasteiger partial charge < -0.3 is 10.2 Å². The largest absolute Gasteiger partial charge is 0.322 e. The molecular weight excluding hydrogens is 503 g/mol. The molecule has 4 aromatic carbocycles. The van der Waals surface area contributed by atoms with Crippen molar-refractivity contribution in [3.63, 3.8) is 0 Å². The van der Waals surface area contributed by atoms with Crippen LogP contribution in [-0.4, -0.2) is 27.0 Å². The van der Waals surface area contributed by atoms with Crippen molar-refractivity contribution in [2.75, 3.05) is 11.9 Å². The van der Waals surface area contributed by atoms with Crippen LogP contribution >= 0.6 is 0 Å². The van der Waals surface area contributed by atoms with Crippen molar-refractivity contribution in [3.05, 3.63) is 142 Å². The van der Waals surface area contributed by atoms with Crippen molar-refractivity contribution in [2.45, 2.75) is 32.4 Å². The first kappa shape index (κ1) is 26.8. The van der Waals surface area contributed by atoms with Gasteiger partial charge in [0.05, 0.1) is 23.5 Å². The minimum atomic E-state index is -0.515. The fraction of sp³-hybridized carbons (Fsp3) is 0.182. The zero-order valence-electron chi connectivity index (χ0n) is 22.3. The van der Waals surface area contributed by atoms with Crippen LogP contribution in [0.15, 0.2) is 114 Å². The van der Waals surface area contributed by atoms with Gasteiger partial charge in [0.1, 0.15) is 11.6 Å². The van der Waals surface area contributed by atoms with Crippen LogP contribution in [0.2, 0.25) is 0 Å². The van der Waals surface area contributed by atoms with E-state index in [4.69, 9.17) is 4.98 Å². The smallest absolute Gasteiger partial charge is 0.314 e. The number of halogens is 1. The van der Waals surface area contributed by atoms with Gasteiger partial charge in [-0.15, -0.1) is 0 Å². The number of aromatic nitrogens is 2. The Labute approximate surface area is 232 Å². The Morgan fingerprint density at radius 1 is 0.900 bits per heavy atom. The van der Waals surface area contributed by atoms with E-state index in [-0.39, 0.29) is 11.6 Å². The Bertz CT molecular complexity index is 1650. The third kappa shape index (κ3) is 6.10. The van der Waals surface area contributed by atoms with Crippen molar-refractivity contribution in [1.82, 2.24) is 14.5 Å². The topological polar surface area (TPSA) is 67.2 Å². The SMILES string of the molecule is CCC(c1nc2ccccc2c(=O)n1Cc1ccccc1)N(CCc1ccccc1)C(=O)Nc1cccc(F)c1. The summed E-state index contributed by atoms with van der Waals surface area (Å²) in [5.74, 6) is 0.0751. The second-order valence-corrected chi connectivity index (χ2v) is 9.66. The number of fused-ring (bicyclic) bond motifs is 1. The fourth-order valence-electron chi connectivity index (χ4n) is 4.96. The van der Waals surface area contributed by atoms with Gasteiger partial charge in [-0.1, -0.05) is 85.8 Å². The highest BCUT2D eigenvalue weighted by Gasteiger charge is 2.29. The lowest BCUT2D eigenvalue weighted by Crippen LogP contribution is -2.42. The van der Waals surface area contributed by atoms with E-state index in [1.54, 1.807) is 27.7 Å². The lowest BCUT2D eigenvalue weighted by Gasteiger charge is -2.32. The fourth-order valence-corrected chi connectivity index (χ4v) is 4.96. The Hall–Kier alpha value is -4.78. The molecule has 0 bridgehead atoms. The average Bonchev–Trinajstić information content (AvgIpc) is 2.98. The van der Waals surface area contributed by atoms with Crippen LogP contribution < -0.4 is 10.9 Å². The molecule has 0 radical (unpaired) electrons. The van der Waals surface area contributed by atoms with Gasteiger partial charge in [-0.25, -0.2) is 14.2 Å². The molecule has 0 aliphatic rings. The van der Waals surface area contributed by atoms with Crippen LogP contribution in [0, 0.1) is 5.82 Å². The van der Waals surface area contributed by atoms with Gasteiger partial charge in [-0.2, -0.15) is 0 Å². The van der Waals surface area contributed by atoms with Crippen LogP contribution in [0.25, 0.3) is 10.9 Å². The predicted molar refractivity (Wildman–Crippen MR) is 157 cm³/mol. The second kappa shape index (κ2) is 12.4. The Balaban J connectivity index is 1.59. The van der Waals surface area contributed by atoms with E-state index in [9.17, 15) is 14.0 Å². The summed E-state index contributed by atoms with van der Waals surface area (Å²) in [5.41, 5.74) is 2.82. The monoisotopic (exact) mass is 534 g/mol. The molecule has 2 amide bonds. The molecule has 1 heterocycles. The second-order valence-electron chi connectivity index (χ2n) is 9.66. The van der Waals surface area contributed by atoms with Crippen LogP contribution in [-0.2, 0) is 13.0 Å². The van der Waals surface area contributed by atoms with E-state index >= 15 is 0 Å². The summed E-state index contributed by atoms with van der Waals surface area (Å²) >= 11 is 0. The molecule has 5 rings (SSSR count). The zero-order valence-corrected chi connectivity index (χ0v) is 22.3. The number of carbonyl (C=O) groups excluding carboxylic acids is 1. The molecule has 1 atom stereocenters. The molecule has 1 N–H and O–H groups in total. The van der Waals surface area contributed by atoms with Gasteiger partial charge in [0.2, 0.25) is 0 Å². The van der Waals surface area contributed by atoms with Crippen LogP contribution in [0.3, 0.4) is 0 Å². The normalized spacial score (nSPS) is 11.8. The summed E-state index contributed by atoms with van der Waals surface area (Å²) in [6.07, 6.45) is 1.12. The van der Waals surface area contributed by atoms with E-state index in [0.717, 1.165) is 11.1 Å². The number of urea groups is 1. The molecule has 0 saturated heterocycles. The molecule has 40 heavy (non-hydrogen) atoms. The first-order valence-electron chi connectivity index (χ1n) is 13.4. The summed E-state index contributed by atoms with van der Waals surface area (Å²) in [6.45, 7) is 2.67. The molecule has 5 aromatic rings. The standard InChI is InChI=1S/C33H31FN4O2/c1-2-30(31-36-29-19-10-9-18-28(29)32(39)38(31)23-25-14-7-4-8-15-25)37(21-20-24-12-5-3-6-13-24)33(40)35-27-17-11-16-26(34)22-27/h3-19,22,30H,2,20-21,23H2,1H3,(H,35,40). The molecule has 6 nitrogen and oxygen atoms in total. The molecule has 7 heteroatoms. The summed E-state index contributed by atoms with van der Waals surface area (Å²) < 4.78 is 15.6. The predicted octanol–water partition coefficient (Wildman–Crippen LogP) is 6.81. The maximum atomic E-state index is 13.9.